The number of halogens is 4. The number of hydrogen-bond donors (Lipinski definition) is 0. The Kier molecular flexibility index (Phi) is 7.35. The molecule has 11 rings (SSSR count). The third-order valence-corrected chi connectivity index (χ3v) is 11.4. The molecule has 0 fully saturated rings. The average Bonchev–Trinajstić information content (AvgIpc) is 3.60. The monoisotopic (exact) mass is 743 g/mol. The van der Waals surface area contributed by atoms with E-state index in [-0.39, 0.29) is 11.1 Å². The van der Waals surface area contributed by atoms with Gasteiger partial charge in [0.2, 0.25) is 0 Å². The maximum Gasteiger partial charge on any atom is 0.170 e. The highest BCUT2D eigenvalue weighted by Crippen LogP contribution is 2.45. The zero-order valence-electron chi connectivity index (χ0n) is 30.2. The van der Waals surface area contributed by atoms with Crippen molar-refractivity contribution in [1.29, 1.82) is 0 Å². The van der Waals surface area contributed by atoms with Crippen LogP contribution in [0.4, 0.5) is 17.6 Å². The lowest BCUT2D eigenvalue weighted by atomic mass is 9.88. The molecule has 0 aliphatic carbocycles. The Hall–Kier alpha value is -7.24. The van der Waals surface area contributed by atoms with E-state index in [4.69, 9.17) is 0 Å². The fraction of sp³-hybridized carbons (Fsp3) is 0. The van der Waals surface area contributed by atoms with Crippen LogP contribution < -0.4 is 0 Å². The molecule has 0 spiro atoms. The first-order chi connectivity index (χ1) is 27.9. The van der Waals surface area contributed by atoms with Crippen molar-refractivity contribution in [1.82, 2.24) is 4.57 Å². The minimum absolute atomic E-state index is 0.0212. The highest BCUT2D eigenvalue weighted by atomic mass is 19.2. The zero-order chi connectivity index (χ0) is 38.4. The molecule has 0 bridgehead atoms. The summed E-state index contributed by atoms with van der Waals surface area (Å²) in [7, 11) is 0. The minimum Gasteiger partial charge on any atom is -0.309 e. The normalized spacial score (nSPS) is 11.9. The van der Waals surface area contributed by atoms with Crippen molar-refractivity contribution in [3.05, 3.63) is 199 Å². The molecule has 0 aliphatic heterocycles. The molecule has 0 atom stereocenters. The number of aromatic nitrogens is 1. The summed E-state index contributed by atoms with van der Waals surface area (Å²) in [5.74, 6) is -5.84. The average molecular weight is 744 g/mol. The lowest BCUT2D eigenvalue weighted by Crippen LogP contribution is -2.04. The number of rotatable bonds is 5. The van der Waals surface area contributed by atoms with Crippen molar-refractivity contribution in [3.63, 3.8) is 0 Å². The van der Waals surface area contributed by atoms with Crippen LogP contribution in [-0.2, 0) is 0 Å². The Morgan fingerprint density at radius 2 is 0.772 bits per heavy atom. The van der Waals surface area contributed by atoms with Crippen LogP contribution in [-0.4, -0.2) is 4.57 Å². The fourth-order valence-electron chi connectivity index (χ4n) is 8.87. The van der Waals surface area contributed by atoms with E-state index < -0.39 is 34.4 Å². The van der Waals surface area contributed by atoms with Gasteiger partial charge in [-0.3, -0.25) is 0 Å². The molecule has 0 unspecified atom stereocenters. The highest BCUT2D eigenvalue weighted by Gasteiger charge is 2.29. The molecule has 5 heteroatoms. The Bertz CT molecular complexity index is 3260. The summed E-state index contributed by atoms with van der Waals surface area (Å²) in [5, 5.41) is 7.46. The molecule has 0 radical (unpaired) electrons. The van der Waals surface area contributed by atoms with E-state index in [1.807, 2.05) is 156 Å². The topological polar surface area (TPSA) is 4.93 Å². The van der Waals surface area contributed by atoms with E-state index >= 15 is 17.6 Å². The van der Waals surface area contributed by atoms with Gasteiger partial charge in [-0.05, 0) is 114 Å². The van der Waals surface area contributed by atoms with E-state index in [1.54, 1.807) is 24.3 Å². The number of para-hydroxylation sites is 1. The van der Waals surface area contributed by atoms with Crippen LogP contribution in [0.15, 0.2) is 176 Å². The summed E-state index contributed by atoms with van der Waals surface area (Å²) < 4.78 is 69.4. The van der Waals surface area contributed by atoms with Gasteiger partial charge in [-0.25, -0.2) is 17.6 Å². The van der Waals surface area contributed by atoms with E-state index in [0.29, 0.717) is 22.0 Å². The van der Waals surface area contributed by atoms with Crippen LogP contribution in [0.2, 0.25) is 0 Å². The van der Waals surface area contributed by atoms with Gasteiger partial charge >= 0.3 is 0 Å². The highest BCUT2D eigenvalue weighted by molar-refractivity contribution is 6.25. The lowest BCUT2D eigenvalue weighted by molar-refractivity contribution is 0.463. The van der Waals surface area contributed by atoms with E-state index in [9.17, 15) is 0 Å². The van der Waals surface area contributed by atoms with Crippen LogP contribution in [0.5, 0.6) is 0 Å². The molecular weight excluding hydrogens is 715 g/mol. The molecule has 0 amide bonds. The summed E-state index contributed by atoms with van der Waals surface area (Å²) in [6.07, 6.45) is 0. The first kappa shape index (κ1) is 33.1. The Balaban J connectivity index is 1.16. The lowest BCUT2D eigenvalue weighted by Gasteiger charge is -2.17. The van der Waals surface area contributed by atoms with Crippen LogP contribution in [0, 0.1) is 23.3 Å². The van der Waals surface area contributed by atoms with Crippen molar-refractivity contribution in [3.8, 4) is 50.2 Å². The van der Waals surface area contributed by atoms with Gasteiger partial charge < -0.3 is 4.57 Å². The predicted octanol–water partition coefficient (Wildman–Crippen LogP) is 14.9. The number of benzene rings is 10. The second-order valence-electron chi connectivity index (χ2n) is 14.6. The van der Waals surface area contributed by atoms with Gasteiger partial charge in [0.1, 0.15) is 0 Å². The summed E-state index contributed by atoms with van der Waals surface area (Å²) >= 11 is 0. The van der Waals surface area contributed by atoms with E-state index in [0.717, 1.165) is 60.0 Å². The van der Waals surface area contributed by atoms with Crippen molar-refractivity contribution in [2.24, 2.45) is 0 Å². The molecule has 0 aliphatic rings. The SMILES string of the molecule is Fc1c(F)c(-c2cc3ccc4cccc5c4c3c(c2)n5-c2ccccc2)c(F)c(F)c1-c1cc(-c2cccc3ccccc23)cc(-c2cccc3ccccc23)c1. The first-order valence-electron chi connectivity index (χ1n) is 18.8. The van der Waals surface area contributed by atoms with Gasteiger partial charge in [0.05, 0.1) is 22.2 Å². The third-order valence-electron chi connectivity index (χ3n) is 11.4. The number of nitrogens with zero attached hydrogens (tertiary/aromatic N) is 1. The minimum atomic E-state index is -1.46. The Labute approximate surface area is 324 Å². The molecule has 11 aromatic rings. The molecule has 1 nitrogen and oxygen atoms in total. The summed E-state index contributed by atoms with van der Waals surface area (Å²) in [6.45, 7) is 0. The zero-order valence-corrected chi connectivity index (χ0v) is 30.2. The van der Waals surface area contributed by atoms with Crippen molar-refractivity contribution < 1.29 is 17.6 Å². The van der Waals surface area contributed by atoms with Crippen molar-refractivity contribution in [2.45, 2.75) is 0 Å². The third kappa shape index (κ3) is 5.02. The first-order valence-corrected chi connectivity index (χ1v) is 18.8. The quantitative estimate of drug-likeness (QED) is 0.0940. The Morgan fingerprint density at radius 3 is 1.39 bits per heavy atom. The van der Waals surface area contributed by atoms with Crippen LogP contribution in [0.3, 0.4) is 0 Å². The van der Waals surface area contributed by atoms with Gasteiger partial charge in [0.25, 0.3) is 0 Å². The maximum absolute atomic E-state index is 16.9. The van der Waals surface area contributed by atoms with Crippen LogP contribution in [0.25, 0.3) is 104 Å². The van der Waals surface area contributed by atoms with Gasteiger partial charge in [-0.1, -0.05) is 127 Å². The fourth-order valence-corrected chi connectivity index (χ4v) is 8.87. The second-order valence-corrected chi connectivity index (χ2v) is 14.6. The summed E-state index contributed by atoms with van der Waals surface area (Å²) in [6, 6.07) is 55.4. The maximum atomic E-state index is 16.9. The van der Waals surface area contributed by atoms with Crippen LogP contribution >= 0.6 is 0 Å². The molecule has 1 aromatic heterocycles. The van der Waals surface area contributed by atoms with Crippen molar-refractivity contribution >= 4 is 54.1 Å². The van der Waals surface area contributed by atoms with E-state index in [1.165, 1.54) is 0 Å². The molecule has 0 saturated carbocycles. The molecule has 1 heterocycles. The molecule has 57 heavy (non-hydrogen) atoms. The number of fused-ring (bicyclic) bond motifs is 2. The van der Waals surface area contributed by atoms with Crippen LogP contribution in [0.1, 0.15) is 0 Å². The van der Waals surface area contributed by atoms with Gasteiger partial charge in [0, 0.05) is 16.5 Å². The largest absolute Gasteiger partial charge is 0.309 e. The standard InChI is InChI=1S/C52H29F4N/c53-49-47(36-27-34(41-20-8-13-30-11-4-6-18-39(30)41)26-35(28-36)42-21-9-14-31-12-5-7-19-40(31)42)50(54)52(56)48(51(49)55)37-25-33-24-23-32-15-10-22-43-45(32)46(33)44(29-37)57(43)38-16-2-1-3-17-38/h1-29H. The summed E-state index contributed by atoms with van der Waals surface area (Å²) in [5.41, 5.74) is 3.92. The molecule has 0 saturated heterocycles. The van der Waals surface area contributed by atoms with Gasteiger partial charge in [-0.15, -0.1) is 0 Å². The molecule has 0 N–H and O–H groups in total. The predicted molar refractivity (Wildman–Crippen MR) is 226 cm³/mol. The second kappa shape index (κ2) is 12.7. The summed E-state index contributed by atoms with van der Waals surface area (Å²) in [4.78, 5) is 0. The smallest absolute Gasteiger partial charge is 0.170 e. The molecule has 10 aromatic carbocycles. The van der Waals surface area contributed by atoms with Gasteiger partial charge in [0.15, 0.2) is 23.3 Å². The Morgan fingerprint density at radius 1 is 0.316 bits per heavy atom. The van der Waals surface area contributed by atoms with Gasteiger partial charge in [-0.2, -0.15) is 0 Å². The number of hydrogen-bond acceptors (Lipinski definition) is 0. The van der Waals surface area contributed by atoms with E-state index in [2.05, 4.69) is 0 Å². The van der Waals surface area contributed by atoms with Crippen molar-refractivity contribution in [2.75, 3.05) is 0 Å². The molecular formula is C52H29F4N. The molecule has 270 valence electrons.